The maximum atomic E-state index is 12.4. The van der Waals surface area contributed by atoms with E-state index in [1.807, 2.05) is 0 Å². The number of aliphatic hydroxyl groups is 1. The third-order valence-corrected chi connectivity index (χ3v) is 3.74. The van der Waals surface area contributed by atoms with E-state index in [-0.39, 0.29) is 23.3 Å². The van der Waals surface area contributed by atoms with Crippen LogP contribution in [0.15, 0.2) is 23.5 Å². The van der Waals surface area contributed by atoms with Gasteiger partial charge in [-0.1, -0.05) is 0 Å². The minimum Gasteiger partial charge on any atom is -0.404 e. The van der Waals surface area contributed by atoms with Crippen molar-refractivity contribution in [3.8, 4) is 0 Å². The summed E-state index contributed by atoms with van der Waals surface area (Å²) >= 11 is 0. The molecule has 1 amide bonds. The predicted octanol–water partition coefficient (Wildman–Crippen LogP) is 0.307. The molecule has 7 heteroatoms. The topological polar surface area (TPSA) is 127 Å². The molecule has 1 aliphatic carbocycles. The van der Waals surface area contributed by atoms with Crippen LogP contribution >= 0.6 is 0 Å². The Hall–Kier alpha value is -2.41. The summed E-state index contributed by atoms with van der Waals surface area (Å²) in [6.07, 6.45) is 6.36. The molecule has 6 N–H and O–H groups in total. The van der Waals surface area contributed by atoms with E-state index in [9.17, 15) is 9.90 Å². The SMILES string of the molecule is CN=CC(=CN)c1cnc(N)c(C(=O)N[C@H]2CCC[C@@H]2O)c1. The van der Waals surface area contributed by atoms with Crippen molar-refractivity contribution in [1.29, 1.82) is 0 Å². The van der Waals surface area contributed by atoms with Crippen LogP contribution in [0.1, 0.15) is 35.2 Å². The van der Waals surface area contributed by atoms with Crippen LogP contribution in [-0.4, -0.2) is 41.4 Å². The van der Waals surface area contributed by atoms with Gasteiger partial charge in [0.2, 0.25) is 0 Å². The van der Waals surface area contributed by atoms with Crippen molar-refractivity contribution in [2.24, 2.45) is 10.7 Å². The first-order valence-corrected chi connectivity index (χ1v) is 7.15. The normalized spacial score (nSPS) is 22.2. The van der Waals surface area contributed by atoms with Gasteiger partial charge in [-0.25, -0.2) is 4.98 Å². The molecular formula is C15H21N5O2. The molecule has 0 spiro atoms. The molecule has 1 aliphatic rings. The lowest BCUT2D eigenvalue weighted by Crippen LogP contribution is -2.40. The number of amides is 1. The lowest BCUT2D eigenvalue weighted by Gasteiger charge is -2.17. The molecule has 1 aromatic rings. The van der Waals surface area contributed by atoms with E-state index in [0.29, 0.717) is 17.6 Å². The number of hydrogen-bond donors (Lipinski definition) is 4. The summed E-state index contributed by atoms with van der Waals surface area (Å²) in [6, 6.07) is 1.39. The van der Waals surface area contributed by atoms with Gasteiger partial charge in [-0.05, 0) is 25.3 Å². The van der Waals surface area contributed by atoms with Crippen molar-refractivity contribution in [2.45, 2.75) is 31.4 Å². The number of nitrogens with one attached hydrogen (secondary N) is 1. The third-order valence-electron chi connectivity index (χ3n) is 3.74. The molecule has 22 heavy (non-hydrogen) atoms. The Bertz CT molecular complexity index is 612. The van der Waals surface area contributed by atoms with Crippen LogP contribution in [0.4, 0.5) is 5.82 Å². The molecule has 0 saturated heterocycles. The Labute approximate surface area is 129 Å². The Morgan fingerprint density at radius 2 is 2.32 bits per heavy atom. The zero-order chi connectivity index (χ0) is 16.1. The molecule has 2 atom stereocenters. The molecule has 0 radical (unpaired) electrons. The Balaban J connectivity index is 2.24. The quantitative estimate of drug-likeness (QED) is 0.595. The first kappa shape index (κ1) is 16.0. The minimum atomic E-state index is -0.506. The molecule has 1 fully saturated rings. The molecule has 0 aliphatic heterocycles. The van der Waals surface area contributed by atoms with Crippen LogP contribution in [0, 0.1) is 0 Å². The van der Waals surface area contributed by atoms with Crippen LogP contribution in [-0.2, 0) is 0 Å². The standard InChI is InChI=1S/C15H21N5O2/c1-18-7-10(6-16)9-5-11(14(17)19-8-9)15(22)20-12-3-2-4-13(12)21/h5-8,12-13,21H,2-4,16H2,1H3,(H2,17,19)(H,20,22)/t12-,13-/m0/s1. The van der Waals surface area contributed by atoms with Gasteiger partial charge in [-0.15, -0.1) is 0 Å². The van der Waals surface area contributed by atoms with Crippen molar-refractivity contribution in [1.82, 2.24) is 10.3 Å². The first-order chi connectivity index (χ1) is 10.6. The van der Waals surface area contributed by atoms with Crippen LogP contribution in [0.2, 0.25) is 0 Å². The number of carbonyl (C=O) groups is 1. The van der Waals surface area contributed by atoms with Gasteiger partial charge in [0.05, 0.1) is 17.7 Å². The highest BCUT2D eigenvalue weighted by molar-refractivity contribution is 6.10. The number of rotatable bonds is 4. The predicted molar refractivity (Wildman–Crippen MR) is 86.3 cm³/mol. The molecule has 1 aromatic heterocycles. The number of aromatic nitrogens is 1. The summed E-state index contributed by atoms with van der Waals surface area (Å²) in [7, 11) is 1.63. The highest BCUT2D eigenvalue weighted by atomic mass is 16.3. The number of hydrogen-bond acceptors (Lipinski definition) is 6. The first-order valence-electron chi connectivity index (χ1n) is 7.15. The summed E-state index contributed by atoms with van der Waals surface area (Å²) < 4.78 is 0. The van der Waals surface area contributed by atoms with Gasteiger partial charge >= 0.3 is 0 Å². The Morgan fingerprint density at radius 1 is 1.55 bits per heavy atom. The van der Waals surface area contributed by atoms with Gasteiger partial charge in [0.1, 0.15) is 5.82 Å². The number of nitrogen functional groups attached to an aromatic ring is 1. The van der Waals surface area contributed by atoms with Crippen LogP contribution in [0.5, 0.6) is 0 Å². The summed E-state index contributed by atoms with van der Waals surface area (Å²) in [4.78, 5) is 20.3. The lowest BCUT2D eigenvalue weighted by atomic mass is 10.1. The molecule has 0 aromatic carbocycles. The number of nitrogens with two attached hydrogens (primary N) is 2. The summed E-state index contributed by atoms with van der Waals surface area (Å²) in [5.74, 6) is -0.207. The number of nitrogens with zero attached hydrogens (tertiary/aromatic N) is 2. The van der Waals surface area contributed by atoms with Crippen molar-refractivity contribution < 1.29 is 9.90 Å². The molecule has 0 bridgehead atoms. The number of carbonyl (C=O) groups excluding carboxylic acids is 1. The Morgan fingerprint density at radius 3 is 2.91 bits per heavy atom. The van der Waals surface area contributed by atoms with Crippen molar-refractivity contribution in [3.05, 3.63) is 29.6 Å². The van der Waals surface area contributed by atoms with E-state index in [2.05, 4.69) is 15.3 Å². The average molecular weight is 303 g/mol. The second-order valence-electron chi connectivity index (χ2n) is 5.24. The fraction of sp³-hybridized carbons (Fsp3) is 0.400. The lowest BCUT2D eigenvalue weighted by molar-refractivity contribution is 0.0874. The number of allylic oxidation sites excluding steroid dienone is 1. The smallest absolute Gasteiger partial charge is 0.255 e. The summed E-state index contributed by atoms with van der Waals surface area (Å²) in [5, 5.41) is 12.6. The van der Waals surface area contributed by atoms with Crippen molar-refractivity contribution in [2.75, 3.05) is 12.8 Å². The average Bonchev–Trinajstić information content (AvgIpc) is 2.90. The largest absolute Gasteiger partial charge is 0.404 e. The van der Waals surface area contributed by atoms with E-state index in [0.717, 1.165) is 12.8 Å². The molecule has 0 unspecified atom stereocenters. The fourth-order valence-electron chi connectivity index (χ4n) is 2.52. The molecule has 7 nitrogen and oxygen atoms in total. The molecule has 118 valence electrons. The maximum Gasteiger partial charge on any atom is 0.255 e. The molecule has 1 heterocycles. The van der Waals surface area contributed by atoms with Gasteiger partial charge < -0.3 is 21.9 Å². The van der Waals surface area contributed by atoms with Gasteiger partial charge in [0.25, 0.3) is 5.91 Å². The highest BCUT2D eigenvalue weighted by Gasteiger charge is 2.27. The highest BCUT2D eigenvalue weighted by Crippen LogP contribution is 2.21. The zero-order valence-corrected chi connectivity index (χ0v) is 12.5. The second-order valence-corrected chi connectivity index (χ2v) is 5.24. The van der Waals surface area contributed by atoms with E-state index in [4.69, 9.17) is 11.5 Å². The maximum absolute atomic E-state index is 12.4. The van der Waals surface area contributed by atoms with Gasteiger partial charge in [-0.2, -0.15) is 0 Å². The van der Waals surface area contributed by atoms with Crippen LogP contribution in [0.25, 0.3) is 5.57 Å². The van der Waals surface area contributed by atoms with Crippen LogP contribution in [0.3, 0.4) is 0 Å². The van der Waals surface area contributed by atoms with Gasteiger partial charge in [0, 0.05) is 36.8 Å². The van der Waals surface area contributed by atoms with E-state index in [1.54, 1.807) is 19.3 Å². The van der Waals surface area contributed by atoms with Gasteiger partial charge in [0.15, 0.2) is 0 Å². The monoisotopic (exact) mass is 303 g/mol. The molecular weight excluding hydrogens is 282 g/mol. The zero-order valence-electron chi connectivity index (χ0n) is 12.5. The number of aliphatic imine (C=N–C) groups is 1. The number of anilines is 1. The van der Waals surface area contributed by atoms with Gasteiger partial charge in [-0.3, -0.25) is 9.79 Å². The minimum absolute atomic E-state index is 0.138. The molecule has 1 saturated carbocycles. The number of pyridine rings is 1. The van der Waals surface area contributed by atoms with E-state index >= 15 is 0 Å². The fourth-order valence-corrected chi connectivity index (χ4v) is 2.52. The van der Waals surface area contributed by atoms with Crippen LogP contribution < -0.4 is 16.8 Å². The summed E-state index contributed by atoms with van der Waals surface area (Å²) in [6.45, 7) is 0. The Kier molecular flexibility index (Phi) is 5.11. The van der Waals surface area contributed by atoms with Crippen molar-refractivity contribution in [3.63, 3.8) is 0 Å². The summed E-state index contributed by atoms with van der Waals surface area (Å²) in [5.41, 5.74) is 12.9. The third kappa shape index (κ3) is 3.43. The molecule has 2 rings (SSSR count). The van der Waals surface area contributed by atoms with E-state index < -0.39 is 6.10 Å². The van der Waals surface area contributed by atoms with Crippen molar-refractivity contribution >= 4 is 23.5 Å². The number of aliphatic hydroxyl groups excluding tert-OH is 1. The second kappa shape index (κ2) is 7.04. The van der Waals surface area contributed by atoms with E-state index in [1.165, 1.54) is 12.4 Å².